The Morgan fingerprint density at radius 1 is 1.31 bits per heavy atom. The number of amides is 2. The summed E-state index contributed by atoms with van der Waals surface area (Å²) in [5, 5.41) is 3.23. The topological polar surface area (TPSA) is 58.6 Å². The number of rotatable bonds is 6. The van der Waals surface area contributed by atoms with E-state index in [0.717, 1.165) is 0 Å². The molecule has 5 nitrogen and oxygen atoms in total. The van der Waals surface area contributed by atoms with Gasteiger partial charge in [-0.25, -0.2) is 0 Å². The maximum absolute atomic E-state index is 11.3. The normalized spacial score (nSPS) is 20.3. The van der Waals surface area contributed by atoms with Crippen molar-refractivity contribution in [2.45, 2.75) is 38.8 Å². The van der Waals surface area contributed by atoms with Gasteiger partial charge >= 0.3 is 0 Å². The summed E-state index contributed by atoms with van der Waals surface area (Å²) in [7, 11) is 1.66. The number of nitrogens with zero attached hydrogens (tertiary/aromatic N) is 1. The number of likely N-dealkylation sites (tertiary alicyclic amines) is 1. The van der Waals surface area contributed by atoms with Crippen molar-refractivity contribution >= 4 is 11.8 Å². The van der Waals surface area contributed by atoms with Gasteiger partial charge in [0.25, 0.3) is 0 Å². The lowest BCUT2D eigenvalue weighted by atomic mass is 10.2. The van der Waals surface area contributed by atoms with Crippen molar-refractivity contribution in [2.75, 3.05) is 20.2 Å². The van der Waals surface area contributed by atoms with Gasteiger partial charge in [-0.1, -0.05) is 0 Å². The van der Waals surface area contributed by atoms with Crippen molar-refractivity contribution in [3.05, 3.63) is 0 Å². The molecule has 2 amide bonds. The van der Waals surface area contributed by atoms with Crippen molar-refractivity contribution in [2.24, 2.45) is 0 Å². The highest BCUT2D eigenvalue weighted by Gasteiger charge is 2.28. The summed E-state index contributed by atoms with van der Waals surface area (Å²) in [5.74, 6) is -0.113. The van der Waals surface area contributed by atoms with E-state index in [1.165, 1.54) is 4.90 Å². The van der Waals surface area contributed by atoms with Crippen LogP contribution in [0.5, 0.6) is 0 Å². The fraction of sp³-hybridized carbons (Fsp3) is 0.818. The molecule has 2 atom stereocenters. The van der Waals surface area contributed by atoms with Crippen LogP contribution < -0.4 is 5.32 Å². The molecule has 0 radical (unpaired) electrons. The monoisotopic (exact) mass is 228 g/mol. The Labute approximate surface area is 96.1 Å². The largest absolute Gasteiger partial charge is 0.380 e. The maximum Gasteiger partial charge on any atom is 0.229 e. The van der Waals surface area contributed by atoms with Crippen LogP contribution >= 0.6 is 0 Å². The summed E-state index contributed by atoms with van der Waals surface area (Å²) in [6, 6.07) is 0.206. The zero-order valence-corrected chi connectivity index (χ0v) is 10.2. The molecular weight excluding hydrogens is 208 g/mol. The molecule has 0 aromatic rings. The van der Waals surface area contributed by atoms with Gasteiger partial charge in [-0.05, 0) is 13.8 Å². The Balaban J connectivity index is 2.25. The van der Waals surface area contributed by atoms with Gasteiger partial charge in [0, 0.05) is 39.1 Å². The molecular formula is C11H20N2O3. The van der Waals surface area contributed by atoms with E-state index >= 15 is 0 Å². The summed E-state index contributed by atoms with van der Waals surface area (Å²) in [6.07, 6.45) is 0.844. The van der Waals surface area contributed by atoms with Crippen molar-refractivity contribution in [3.8, 4) is 0 Å². The summed E-state index contributed by atoms with van der Waals surface area (Å²) >= 11 is 0. The van der Waals surface area contributed by atoms with E-state index in [0.29, 0.717) is 25.9 Å². The lowest BCUT2D eigenvalue weighted by Crippen LogP contribution is -2.42. The highest BCUT2D eigenvalue weighted by molar-refractivity contribution is 6.01. The molecule has 1 aliphatic heterocycles. The Hall–Kier alpha value is -0.940. The van der Waals surface area contributed by atoms with Crippen LogP contribution in [0, 0.1) is 0 Å². The first-order chi connectivity index (χ1) is 7.56. The Morgan fingerprint density at radius 3 is 2.38 bits per heavy atom. The second kappa shape index (κ2) is 5.96. The highest BCUT2D eigenvalue weighted by atomic mass is 16.5. The van der Waals surface area contributed by atoms with Gasteiger partial charge in [0.1, 0.15) is 0 Å². The van der Waals surface area contributed by atoms with E-state index in [1.54, 1.807) is 7.11 Å². The van der Waals surface area contributed by atoms with Gasteiger partial charge in [0.2, 0.25) is 11.8 Å². The second-order valence-electron chi connectivity index (χ2n) is 4.12. The summed E-state index contributed by atoms with van der Waals surface area (Å²) in [6.45, 7) is 5.07. The molecule has 1 aliphatic rings. The molecule has 2 unspecified atom stereocenters. The predicted molar refractivity (Wildman–Crippen MR) is 59.9 cm³/mol. The fourth-order valence-corrected chi connectivity index (χ4v) is 1.65. The van der Waals surface area contributed by atoms with Crippen molar-refractivity contribution < 1.29 is 14.3 Å². The van der Waals surface area contributed by atoms with Crippen molar-refractivity contribution in [1.82, 2.24) is 10.2 Å². The molecule has 0 spiro atoms. The average molecular weight is 228 g/mol. The van der Waals surface area contributed by atoms with Crippen LogP contribution in [0.25, 0.3) is 0 Å². The van der Waals surface area contributed by atoms with Crippen LogP contribution in [-0.4, -0.2) is 49.1 Å². The third-order valence-corrected chi connectivity index (χ3v) is 3.03. The number of carbonyl (C=O) groups excluding carboxylic acids is 2. The third-order valence-electron chi connectivity index (χ3n) is 3.03. The van der Waals surface area contributed by atoms with Crippen LogP contribution in [0.3, 0.4) is 0 Å². The SMILES string of the molecule is COC(C)C(C)NCCN1C(=O)CCC1=O. The summed E-state index contributed by atoms with van der Waals surface area (Å²) < 4.78 is 5.17. The first-order valence-electron chi connectivity index (χ1n) is 5.65. The van der Waals surface area contributed by atoms with Gasteiger partial charge < -0.3 is 10.1 Å². The zero-order valence-electron chi connectivity index (χ0n) is 10.2. The lowest BCUT2D eigenvalue weighted by molar-refractivity contribution is -0.138. The van der Waals surface area contributed by atoms with Gasteiger partial charge in [-0.15, -0.1) is 0 Å². The molecule has 92 valence electrons. The number of imide groups is 1. The second-order valence-corrected chi connectivity index (χ2v) is 4.12. The molecule has 0 aromatic carbocycles. The van der Waals surface area contributed by atoms with Gasteiger partial charge in [-0.2, -0.15) is 0 Å². The van der Waals surface area contributed by atoms with Crippen LogP contribution in [0.1, 0.15) is 26.7 Å². The highest BCUT2D eigenvalue weighted by Crippen LogP contribution is 2.10. The molecule has 16 heavy (non-hydrogen) atoms. The number of ether oxygens (including phenoxy) is 1. The summed E-state index contributed by atoms with van der Waals surface area (Å²) in [4.78, 5) is 23.9. The molecule has 1 rings (SSSR count). The number of nitrogens with one attached hydrogen (secondary N) is 1. The molecule has 1 fully saturated rings. The number of carbonyl (C=O) groups is 2. The van der Waals surface area contributed by atoms with E-state index in [4.69, 9.17) is 4.74 Å². The van der Waals surface area contributed by atoms with E-state index in [1.807, 2.05) is 13.8 Å². The first-order valence-corrected chi connectivity index (χ1v) is 5.65. The Morgan fingerprint density at radius 2 is 1.88 bits per heavy atom. The standard InChI is InChI=1S/C11H20N2O3/c1-8(9(2)16-3)12-6-7-13-10(14)4-5-11(13)15/h8-9,12H,4-7H2,1-3H3. The fourth-order valence-electron chi connectivity index (χ4n) is 1.65. The molecule has 0 bridgehead atoms. The minimum absolute atomic E-state index is 0.0563. The maximum atomic E-state index is 11.3. The smallest absolute Gasteiger partial charge is 0.229 e. The molecule has 0 saturated carbocycles. The van der Waals surface area contributed by atoms with Crippen LogP contribution in [0.4, 0.5) is 0 Å². The predicted octanol–water partition coefficient (Wildman–Crippen LogP) is 0.148. The molecule has 1 heterocycles. The van der Waals surface area contributed by atoms with E-state index in [2.05, 4.69) is 5.32 Å². The molecule has 1 N–H and O–H groups in total. The molecule has 5 heteroatoms. The number of methoxy groups -OCH3 is 1. The lowest BCUT2D eigenvalue weighted by Gasteiger charge is -2.21. The van der Waals surface area contributed by atoms with E-state index in [9.17, 15) is 9.59 Å². The third kappa shape index (κ3) is 3.28. The molecule has 0 aliphatic carbocycles. The molecule has 0 aromatic heterocycles. The van der Waals surface area contributed by atoms with Crippen LogP contribution in [-0.2, 0) is 14.3 Å². The quantitative estimate of drug-likeness (QED) is 0.657. The molecule has 1 saturated heterocycles. The number of hydrogen-bond donors (Lipinski definition) is 1. The Kier molecular flexibility index (Phi) is 4.89. The first kappa shape index (κ1) is 13.1. The van der Waals surface area contributed by atoms with Gasteiger partial charge in [-0.3, -0.25) is 14.5 Å². The minimum Gasteiger partial charge on any atom is -0.380 e. The average Bonchev–Trinajstić information content (AvgIpc) is 2.59. The Bertz CT molecular complexity index is 252. The zero-order chi connectivity index (χ0) is 12.1. The van der Waals surface area contributed by atoms with Crippen LogP contribution in [0.15, 0.2) is 0 Å². The minimum atomic E-state index is -0.0563. The van der Waals surface area contributed by atoms with E-state index < -0.39 is 0 Å². The number of hydrogen-bond acceptors (Lipinski definition) is 4. The van der Waals surface area contributed by atoms with E-state index in [-0.39, 0.29) is 24.0 Å². The summed E-state index contributed by atoms with van der Waals surface area (Å²) in [5.41, 5.74) is 0. The van der Waals surface area contributed by atoms with Crippen molar-refractivity contribution in [3.63, 3.8) is 0 Å². The van der Waals surface area contributed by atoms with Gasteiger partial charge in [0.15, 0.2) is 0 Å². The van der Waals surface area contributed by atoms with Crippen LogP contribution in [0.2, 0.25) is 0 Å². The van der Waals surface area contributed by atoms with Gasteiger partial charge in [0.05, 0.1) is 6.10 Å². The van der Waals surface area contributed by atoms with Crippen molar-refractivity contribution in [1.29, 1.82) is 0 Å².